The minimum absolute atomic E-state index is 0.0450. The van der Waals surface area contributed by atoms with Crippen LogP contribution < -0.4 is 30.3 Å². The molecule has 0 radical (unpaired) electrons. The van der Waals surface area contributed by atoms with Gasteiger partial charge in [-0.15, -0.1) is 0 Å². The lowest BCUT2D eigenvalue weighted by molar-refractivity contribution is -0.118. The van der Waals surface area contributed by atoms with Crippen LogP contribution in [0.25, 0.3) is 11.3 Å². The molecule has 2 aromatic heterocycles. The minimum atomic E-state index is -0.453. The quantitative estimate of drug-likeness (QED) is 0.367. The molecule has 0 aliphatic carbocycles. The number of anilines is 2. The zero-order valence-corrected chi connectivity index (χ0v) is 20.7. The van der Waals surface area contributed by atoms with Crippen molar-refractivity contribution in [3.63, 3.8) is 0 Å². The zero-order valence-electron chi connectivity index (χ0n) is 20.7. The number of aromatic nitrogens is 2. The summed E-state index contributed by atoms with van der Waals surface area (Å²) in [6, 6.07) is 17.5. The van der Waals surface area contributed by atoms with Crippen molar-refractivity contribution in [1.29, 1.82) is 0 Å². The lowest BCUT2D eigenvalue weighted by atomic mass is 10.1. The maximum atomic E-state index is 12.5. The van der Waals surface area contributed by atoms with Gasteiger partial charge in [-0.05, 0) is 42.8 Å². The van der Waals surface area contributed by atoms with Crippen molar-refractivity contribution >= 4 is 23.6 Å². The second kappa shape index (κ2) is 10.6. The summed E-state index contributed by atoms with van der Waals surface area (Å²) in [4.78, 5) is 34.5. The number of nitrogens with one attached hydrogen (secondary N) is 3. The molecular formula is C27H28N6O5. The zero-order chi connectivity index (χ0) is 25.9. The first kappa shape index (κ1) is 24.1. The summed E-state index contributed by atoms with van der Waals surface area (Å²) in [5.74, 6) is 1.57. The molecule has 38 heavy (non-hydrogen) atoms. The van der Waals surface area contributed by atoms with Gasteiger partial charge in [0.05, 0.1) is 12.2 Å². The second-order valence-corrected chi connectivity index (χ2v) is 9.39. The van der Waals surface area contributed by atoms with Gasteiger partial charge < -0.3 is 30.2 Å². The molecule has 0 spiro atoms. The van der Waals surface area contributed by atoms with Crippen LogP contribution in [0.3, 0.4) is 0 Å². The van der Waals surface area contributed by atoms with E-state index in [1.165, 1.54) is 4.90 Å². The normalized spacial score (nSPS) is 18.7. The van der Waals surface area contributed by atoms with E-state index < -0.39 is 6.09 Å². The van der Waals surface area contributed by atoms with E-state index in [9.17, 15) is 9.59 Å². The molecule has 2 fully saturated rings. The predicted molar refractivity (Wildman–Crippen MR) is 139 cm³/mol. The molecule has 3 aromatic rings. The average Bonchev–Trinajstić information content (AvgIpc) is 3.29. The molecule has 3 aliphatic rings. The van der Waals surface area contributed by atoms with Gasteiger partial charge in [0.1, 0.15) is 18.0 Å². The van der Waals surface area contributed by atoms with Crippen molar-refractivity contribution in [2.24, 2.45) is 0 Å². The Hall–Kier alpha value is -4.22. The fourth-order valence-corrected chi connectivity index (χ4v) is 4.46. The highest BCUT2D eigenvalue weighted by atomic mass is 16.6. The lowest BCUT2D eigenvalue weighted by Gasteiger charge is -2.27. The highest BCUT2D eigenvalue weighted by Gasteiger charge is 2.33. The fourth-order valence-electron chi connectivity index (χ4n) is 4.46. The molecule has 11 nitrogen and oxygen atoms in total. The molecule has 196 valence electrons. The van der Waals surface area contributed by atoms with Crippen molar-refractivity contribution in [2.45, 2.75) is 25.2 Å². The number of hydrogen-bond donors (Lipinski definition) is 3. The van der Waals surface area contributed by atoms with Crippen LogP contribution in [0.1, 0.15) is 12.0 Å². The number of pyridine rings is 2. The number of carbonyl (C=O) groups excluding carboxylic acids is 2. The van der Waals surface area contributed by atoms with Crippen molar-refractivity contribution in [3.05, 3.63) is 60.2 Å². The number of amides is 2. The van der Waals surface area contributed by atoms with Crippen molar-refractivity contribution in [2.75, 3.05) is 43.0 Å². The first-order valence-corrected chi connectivity index (χ1v) is 12.7. The topological polar surface area (TPSA) is 127 Å². The Bertz CT molecular complexity index is 1350. The average molecular weight is 517 g/mol. The SMILES string of the molecule is O=C1COc2ccc(N3C[C@H](CCNCc4cccc(-c5cccc(OC6CNC6)n5)c4)OC3=O)nc2N1. The van der Waals surface area contributed by atoms with Crippen molar-refractivity contribution in [3.8, 4) is 22.9 Å². The summed E-state index contributed by atoms with van der Waals surface area (Å²) < 4.78 is 16.8. The number of carbonyl (C=O) groups is 2. The van der Waals surface area contributed by atoms with Gasteiger partial charge in [0.15, 0.2) is 18.2 Å². The summed E-state index contributed by atoms with van der Waals surface area (Å²) in [6.45, 7) is 3.40. The maximum Gasteiger partial charge on any atom is 0.415 e. The summed E-state index contributed by atoms with van der Waals surface area (Å²) in [5.41, 5.74) is 3.03. The van der Waals surface area contributed by atoms with Crippen LogP contribution in [-0.2, 0) is 16.1 Å². The van der Waals surface area contributed by atoms with Gasteiger partial charge in [-0.1, -0.05) is 24.3 Å². The number of hydrogen-bond acceptors (Lipinski definition) is 9. The van der Waals surface area contributed by atoms with Gasteiger partial charge in [0, 0.05) is 31.3 Å². The standard InChI is InChI=1S/C27H28N6O5/c34-24-16-36-22-7-8-23(31-26(22)32-24)33-15-19(38-27(33)35)9-10-28-12-17-3-1-4-18(11-17)21-5-2-6-25(30-21)37-20-13-29-14-20/h1-8,11,19-20,28-29H,9-10,12-16H2,(H,31,32,34)/t19-/m0/s1. The van der Waals surface area contributed by atoms with E-state index in [2.05, 4.69) is 38.1 Å². The highest BCUT2D eigenvalue weighted by molar-refractivity contribution is 5.95. The Balaban J connectivity index is 1.00. The van der Waals surface area contributed by atoms with Crippen molar-refractivity contribution in [1.82, 2.24) is 20.6 Å². The van der Waals surface area contributed by atoms with Crippen LogP contribution in [0, 0.1) is 0 Å². The lowest BCUT2D eigenvalue weighted by Crippen LogP contribution is -2.50. The summed E-state index contributed by atoms with van der Waals surface area (Å²) >= 11 is 0. The van der Waals surface area contributed by atoms with Gasteiger partial charge in [0.2, 0.25) is 5.88 Å². The molecule has 2 amide bonds. The van der Waals surface area contributed by atoms with Gasteiger partial charge in [-0.3, -0.25) is 9.69 Å². The number of benzene rings is 1. The van der Waals surface area contributed by atoms with Gasteiger partial charge in [0.25, 0.3) is 5.91 Å². The monoisotopic (exact) mass is 516 g/mol. The number of ether oxygens (including phenoxy) is 3. The van der Waals surface area contributed by atoms with E-state index in [1.807, 2.05) is 30.3 Å². The number of nitrogens with zero attached hydrogens (tertiary/aromatic N) is 3. The molecule has 3 aliphatic heterocycles. The second-order valence-electron chi connectivity index (χ2n) is 9.39. The van der Waals surface area contributed by atoms with Crippen LogP contribution in [0.2, 0.25) is 0 Å². The number of cyclic esters (lactones) is 1. The van der Waals surface area contributed by atoms with Crippen LogP contribution in [0.4, 0.5) is 16.4 Å². The Morgan fingerprint density at radius 1 is 1.08 bits per heavy atom. The first-order chi connectivity index (χ1) is 18.6. The van der Waals surface area contributed by atoms with Gasteiger partial charge in [-0.25, -0.2) is 14.8 Å². The Morgan fingerprint density at radius 2 is 1.97 bits per heavy atom. The predicted octanol–water partition coefficient (Wildman–Crippen LogP) is 2.33. The van der Waals surface area contributed by atoms with Gasteiger partial charge in [-0.2, -0.15) is 0 Å². The summed E-state index contributed by atoms with van der Waals surface area (Å²) in [7, 11) is 0. The molecule has 0 saturated carbocycles. The Labute approximate surface area is 219 Å². The fraction of sp³-hybridized carbons (Fsp3) is 0.333. The van der Waals surface area contributed by atoms with Crippen LogP contribution in [0.5, 0.6) is 11.6 Å². The van der Waals surface area contributed by atoms with E-state index in [4.69, 9.17) is 14.2 Å². The molecular weight excluding hydrogens is 488 g/mol. The van der Waals surface area contributed by atoms with E-state index in [-0.39, 0.29) is 24.7 Å². The molecule has 3 N–H and O–H groups in total. The molecule has 5 heterocycles. The summed E-state index contributed by atoms with van der Waals surface area (Å²) in [5, 5.41) is 9.29. The minimum Gasteiger partial charge on any atom is -0.480 e. The largest absolute Gasteiger partial charge is 0.480 e. The molecule has 0 bridgehead atoms. The molecule has 6 rings (SSSR count). The van der Waals surface area contributed by atoms with E-state index in [1.54, 1.807) is 12.1 Å². The number of rotatable bonds is 9. The highest BCUT2D eigenvalue weighted by Crippen LogP contribution is 2.30. The van der Waals surface area contributed by atoms with E-state index in [0.29, 0.717) is 49.3 Å². The Kier molecular flexibility index (Phi) is 6.76. The molecule has 11 heteroatoms. The van der Waals surface area contributed by atoms with Crippen LogP contribution in [0.15, 0.2) is 54.6 Å². The first-order valence-electron chi connectivity index (χ1n) is 12.7. The number of fused-ring (bicyclic) bond motifs is 1. The van der Waals surface area contributed by atoms with E-state index >= 15 is 0 Å². The Morgan fingerprint density at radius 3 is 2.84 bits per heavy atom. The third-order valence-electron chi connectivity index (χ3n) is 6.56. The van der Waals surface area contributed by atoms with Crippen molar-refractivity contribution < 1.29 is 23.8 Å². The third-order valence-corrected chi connectivity index (χ3v) is 6.56. The third kappa shape index (κ3) is 5.38. The summed E-state index contributed by atoms with van der Waals surface area (Å²) in [6.07, 6.45) is 0.128. The van der Waals surface area contributed by atoms with Crippen LogP contribution >= 0.6 is 0 Å². The molecule has 1 aromatic carbocycles. The molecule has 0 unspecified atom stereocenters. The van der Waals surface area contributed by atoms with Gasteiger partial charge >= 0.3 is 6.09 Å². The van der Waals surface area contributed by atoms with E-state index in [0.717, 1.165) is 29.9 Å². The van der Waals surface area contributed by atoms with Crippen LogP contribution in [-0.4, -0.2) is 67.0 Å². The molecule has 1 atom stereocenters. The maximum absolute atomic E-state index is 12.5. The molecule has 2 saturated heterocycles. The smallest absolute Gasteiger partial charge is 0.415 e.